The molecule has 5 heterocycles. The monoisotopic (exact) mass is 1010 g/mol. The fraction of sp³-hybridized carbons (Fsp3) is 0.607. The molecule has 21 atom stereocenters. The zero-order chi connectivity index (χ0) is 51.0. The highest BCUT2D eigenvalue weighted by Crippen LogP contribution is 2.45. The highest BCUT2D eigenvalue weighted by Gasteiger charge is 2.57. The van der Waals surface area contributed by atoms with Gasteiger partial charge in [-0.2, -0.15) is 0 Å². The van der Waals surface area contributed by atoms with Crippen LogP contribution in [0.3, 0.4) is 0 Å². The number of ether oxygens (including phenoxy) is 12. The highest BCUT2D eigenvalue weighted by molar-refractivity contribution is 5.18. The van der Waals surface area contributed by atoms with Gasteiger partial charge in [0.05, 0.1) is 51.3 Å². The smallest absolute Gasteiger partial charge is 0.187 e. The van der Waals surface area contributed by atoms with Crippen molar-refractivity contribution in [1.29, 1.82) is 0 Å². The van der Waals surface area contributed by atoms with Gasteiger partial charge in [-0.1, -0.05) is 184 Å². The summed E-state index contributed by atoms with van der Waals surface area (Å²) >= 11 is 0. The van der Waals surface area contributed by atoms with E-state index in [1.54, 1.807) is 0 Å². The van der Waals surface area contributed by atoms with Crippen molar-refractivity contribution in [2.75, 3.05) is 13.2 Å². The summed E-state index contributed by atoms with van der Waals surface area (Å²) in [6, 6.07) is 40.5. The van der Waals surface area contributed by atoms with Crippen LogP contribution in [0.15, 0.2) is 121 Å². The molecule has 0 amide bonds. The van der Waals surface area contributed by atoms with Crippen molar-refractivity contribution in [2.24, 2.45) is 41.4 Å². The molecule has 0 radical (unpaired) electrons. The molecule has 0 aromatic heterocycles. The fourth-order valence-electron chi connectivity index (χ4n) is 11.5. The van der Waals surface area contributed by atoms with Crippen LogP contribution in [-0.2, 0) is 76.7 Å². The van der Waals surface area contributed by atoms with Gasteiger partial charge in [0, 0.05) is 17.4 Å². The lowest BCUT2D eigenvalue weighted by molar-refractivity contribution is -0.411. The molecule has 0 aliphatic carbocycles. The van der Waals surface area contributed by atoms with E-state index in [1.807, 2.05) is 84.9 Å². The van der Waals surface area contributed by atoms with Crippen LogP contribution in [0.1, 0.15) is 104 Å². The molecule has 5 saturated heterocycles. The molecular formula is C61H82O12. The van der Waals surface area contributed by atoms with E-state index in [2.05, 4.69) is 98.7 Å². The SMILES string of the molecule is CCC1O[C@@H](O[C@@H]2C(OCc3ccccc3)[C@H](O[C@@H]3C(COCc4ccccc4)O[C@@H](OCc4ccccc4)C(C)[C@H]3C)OC3COC(c4ccccc4)O[C@H]32)[C@@H](O[C@@H]2OC(CC)[C@@H](C)[C@H](C)C2C)C(C)[C@H]1C. The first-order chi connectivity index (χ1) is 35.5. The third-order valence-corrected chi connectivity index (χ3v) is 16.9. The number of fused-ring (bicyclic) bond motifs is 1. The Kier molecular flexibility index (Phi) is 18.9. The molecule has 4 aromatic rings. The number of benzene rings is 4. The molecule has 0 N–H and O–H groups in total. The van der Waals surface area contributed by atoms with Crippen LogP contribution in [0.2, 0.25) is 0 Å². The van der Waals surface area contributed by atoms with Crippen molar-refractivity contribution in [3.05, 3.63) is 144 Å². The molecule has 0 bridgehead atoms. The fourth-order valence-corrected chi connectivity index (χ4v) is 11.5. The van der Waals surface area contributed by atoms with E-state index in [1.165, 1.54) is 0 Å². The van der Waals surface area contributed by atoms with Crippen LogP contribution in [0.4, 0.5) is 0 Å². The Morgan fingerprint density at radius 3 is 1.51 bits per heavy atom. The summed E-state index contributed by atoms with van der Waals surface area (Å²) in [6.45, 7) is 21.6. The molecule has 12 heteroatoms. The molecule has 0 spiro atoms. The van der Waals surface area contributed by atoms with Gasteiger partial charge in [0.1, 0.15) is 36.6 Å². The molecule has 9 rings (SSSR count). The van der Waals surface area contributed by atoms with Gasteiger partial charge in [-0.25, -0.2) is 0 Å². The van der Waals surface area contributed by atoms with E-state index in [9.17, 15) is 0 Å². The summed E-state index contributed by atoms with van der Waals surface area (Å²) < 4.78 is 84.0. The molecule has 398 valence electrons. The normalized spacial score (nSPS) is 38.9. The minimum absolute atomic E-state index is 0.0590. The molecule has 0 saturated carbocycles. The maximum absolute atomic E-state index is 7.58. The predicted molar refractivity (Wildman–Crippen MR) is 276 cm³/mol. The maximum atomic E-state index is 7.58. The summed E-state index contributed by atoms with van der Waals surface area (Å²) in [5, 5.41) is 0. The Labute approximate surface area is 434 Å². The van der Waals surface area contributed by atoms with Gasteiger partial charge in [-0.15, -0.1) is 0 Å². The largest absolute Gasteiger partial charge is 0.374 e. The summed E-state index contributed by atoms with van der Waals surface area (Å²) in [7, 11) is 0. The first kappa shape index (κ1) is 54.2. The van der Waals surface area contributed by atoms with Gasteiger partial charge in [0.25, 0.3) is 0 Å². The quantitative estimate of drug-likeness (QED) is 0.0892. The zero-order valence-corrected chi connectivity index (χ0v) is 44.5. The molecule has 5 aliphatic rings. The maximum Gasteiger partial charge on any atom is 0.187 e. The van der Waals surface area contributed by atoms with E-state index in [0.717, 1.165) is 35.1 Å². The first-order valence-electron chi connectivity index (χ1n) is 27.3. The second-order valence-corrected chi connectivity index (χ2v) is 21.5. The van der Waals surface area contributed by atoms with E-state index < -0.39 is 74.2 Å². The summed E-state index contributed by atoms with van der Waals surface area (Å²) in [4.78, 5) is 0. The molecule has 73 heavy (non-hydrogen) atoms. The molecule has 4 aromatic carbocycles. The molecule has 5 fully saturated rings. The molecule has 12 nitrogen and oxygen atoms in total. The first-order valence-corrected chi connectivity index (χ1v) is 27.3. The van der Waals surface area contributed by atoms with Gasteiger partial charge >= 0.3 is 0 Å². The summed E-state index contributed by atoms with van der Waals surface area (Å²) in [6.07, 6.45) is -6.09. The van der Waals surface area contributed by atoms with E-state index in [0.29, 0.717) is 25.0 Å². The lowest BCUT2D eigenvalue weighted by Crippen LogP contribution is -2.67. The summed E-state index contributed by atoms with van der Waals surface area (Å²) in [5.41, 5.74) is 4.02. The number of hydrogen-bond acceptors (Lipinski definition) is 12. The van der Waals surface area contributed by atoms with Gasteiger partial charge in [-0.3, -0.25) is 0 Å². The molecule has 9 unspecified atom stereocenters. The molecule has 5 aliphatic heterocycles. The van der Waals surface area contributed by atoms with Crippen LogP contribution < -0.4 is 0 Å². The lowest BCUT2D eigenvalue weighted by Gasteiger charge is -2.53. The molecular weight excluding hydrogens is 925 g/mol. The summed E-state index contributed by atoms with van der Waals surface area (Å²) in [5.74, 6) is 1.06. The van der Waals surface area contributed by atoms with Crippen molar-refractivity contribution in [3.63, 3.8) is 0 Å². The van der Waals surface area contributed by atoms with Gasteiger partial charge in [0.2, 0.25) is 0 Å². The Hall–Kier alpha value is -3.60. The lowest BCUT2D eigenvalue weighted by atomic mass is 9.78. The topological polar surface area (TPSA) is 111 Å². The van der Waals surface area contributed by atoms with Gasteiger partial charge < -0.3 is 56.8 Å². The third kappa shape index (κ3) is 12.8. The van der Waals surface area contributed by atoms with Crippen LogP contribution >= 0.6 is 0 Å². The van der Waals surface area contributed by atoms with Crippen molar-refractivity contribution < 1.29 is 56.8 Å². The number of rotatable bonds is 19. The third-order valence-electron chi connectivity index (χ3n) is 16.9. The average Bonchev–Trinajstić information content (AvgIpc) is 3.42. The van der Waals surface area contributed by atoms with Crippen LogP contribution in [0.25, 0.3) is 0 Å². The minimum Gasteiger partial charge on any atom is -0.374 e. The van der Waals surface area contributed by atoms with Crippen molar-refractivity contribution in [1.82, 2.24) is 0 Å². The standard InChI is InChI=1S/C61H82O12/c1-10-48-38(4)37(3)42(8)58(66-48)71-53-40(6)39(5)49(11-2)67-60(53)73-55-54-51(36-65-59(72-54)47-30-22-15-23-31-47)69-61(56(55)63-33-45-26-18-13-19-27-45)70-52-41(7)43(9)57(64-34-46-28-20-14-21-29-46)68-50(52)35-62-32-44-24-16-12-17-25-44/h12-31,37-43,48-61H,10-11,32-36H2,1-9H3/t37-,38-,39+,40?,41+,42?,43?,48?,49?,50?,51?,52-,53-,54+,55-,56?,57+,58-,59?,60-,61-/m0/s1. The van der Waals surface area contributed by atoms with E-state index in [-0.39, 0.29) is 61.6 Å². The highest BCUT2D eigenvalue weighted by atomic mass is 16.8. The predicted octanol–water partition coefficient (Wildman–Crippen LogP) is 11.4. The van der Waals surface area contributed by atoms with Crippen LogP contribution in [0.5, 0.6) is 0 Å². The zero-order valence-electron chi connectivity index (χ0n) is 44.5. The van der Waals surface area contributed by atoms with Crippen LogP contribution in [-0.4, -0.2) is 93.3 Å². The van der Waals surface area contributed by atoms with E-state index in [4.69, 9.17) is 56.8 Å². The Morgan fingerprint density at radius 1 is 0.411 bits per heavy atom. The van der Waals surface area contributed by atoms with Gasteiger partial charge in [-0.05, 0) is 59.1 Å². The van der Waals surface area contributed by atoms with Crippen molar-refractivity contribution in [2.45, 2.75) is 181 Å². The number of hydrogen-bond donors (Lipinski definition) is 0. The Morgan fingerprint density at radius 2 is 0.890 bits per heavy atom. The second-order valence-electron chi connectivity index (χ2n) is 21.5. The second kappa shape index (κ2) is 25.5. The minimum atomic E-state index is -0.965. The Bertz CT molecular complexity index is 2220. The van der Waals surface area contributed by atoms with Crippen molar-refractivity contribution >= 4 is 0 Å². The van der Waals surface area contributed by atoms with Crippen LogP contribution in [0, 0.1) is 41.4 Å². The van der Waals surface area contributed by atoms with Crippen molar-refractivity contribution in [3.8, 4) is 0 Å². The Balaban J connectivity index is 1.06. The average molecular weight is 1010 g/mol. The van der Waals surface area contributed by atoms with Gasteiger partial charge in [0.15, 0.2) is 31.5 Å². The van der Waals surface area contributed by atoms with E-state index >= 15 is 0 Å².